The van der Waals surface area contributed by atoms with Gasteiger partial charge in [0.1, 0.15) is 0 Å². The summed E-state index contributed by atoms with van der Waals surface area (Å²) in [6.45, 7) is 32.4. The van der Waals surface area contributed by atoms with Gasteiger partial charge >= 0.3 is 0 Å². The molecule has 0 N–H and O–H groups in total. The first-order valence-electron chi connectivity index (χ1n) is 27.7. The fourth-order valence-electron chi connectivity index (χ4n) is 9.67. The Morgan fingerprint density at radius 3 is 0.859 bits per heavy atom. The Hall–Kier alpha value is -8.06. The van der Waals surface area contributed by atoms with Crippen LogP contribution in [0.25, 0.3) is 43.8 Å². The average molecular weight is 1020 g/mol. The SMILES string of the molecule is Cc1ccc(-c2ccccc2)cc1.Cc1ccc(C)c2ccccc12.Cc1ccc(C)cc1.Cc1ccc2c(c1)C(C)(C)c1cc(C)ccc1-2.Cc1cccc(C)c1.Cc1cccc2c(C)cccc12.Cc1ccccc1C. The third-order valence-electron chi connectivity index (χ3n) is 14.7. The summed E-state index contributed by atoms with van der Waals surface area (Å²) in [7, 11) is 0. The molecule has 0 nitrogen and oxygen atoms in total. The number of fused-ring (bicyclic) bond motifs is 5. The number of hydrogen-bond donors (Lipinski definition) is 0. The quantitative estimate of drug-likeness (QED) is 0.154. The predicted molar refractivity (Wildman–Crippen MR) is 345 cm³/mol. The Bertz CT molecular complexity index is 3410. The van der Waals surface area contributed by atoms with E-state index < -0.39 is 0 Å². The van der Waals surface area contributed by atoms with Gasteiger partial charge in [0.25, 0.3) is 0 Å². The van der Waals surface area contributed by atoms with Crippen molar-refractivity contribution in [2.75, 3.05) is 0 Å². The molecule has 0 aliphatic heterocycles. The van der Waals surface area contributed by atoms with E-state index in [-0.39, 0.29) is 5.41 Å². The van der Waals surface area contributed by atoms with Crippen LogP contribution in [0.4, 0.5) is 0 Å². The fourth-order valence-corrected chi connectivity index (χ4v) is 9.67. The Balaban J connectivity index is 0.000000150. The molecule has 0 bridgehead atoms. The van der Waals surface area contributed by atoms with Crippen molar-refractivity contribution in [2.24, 2.45) is 0 Å². The molecule has 0 saturated carbocycles. The molecule has 0 amide bonds. The first-order chi connectivity index (χ1) is 37.3. The van der Waals surface area contributed by atoms with Crippen LogP contribution in [0.1, 0.15) is 97.3 Å². The van der Waals surface area contributed by atoms with E-state index in [1.807, 2.05) is 6.07 Å². The second-order valence-corrected chi connectivity index (χ2v) is 21.8. The Morgan fingerprint density at radius 2 is 0.487 bits per heavy atom. The van der Waals surface area contributed by atoms with E-state index in [4.69, 9.17) is 0 Å². The highest BCUT2D eigenvalue weighted by atomic mass is 14.4. The van der Waals surface area contributed by atoms with E-state index in [1.54, 1.807) is 0 Å². The van der Waals surface area contributed by atoms with Crippen LogP contribution < -0.4 is 0 Å². The molecular weight excluding hydrogens is 937 g/mol. The van der Waals surface area contributed by atoms with Crippen LogP contribution in [0, 0.1) is 90.0 Å². The molecule has 0 aromatic heterocycles. The average Bonchev–Trinajstić information content (AvgIpc) is 3.71. The van der Waals surface area contributed by atoms with Crippen molar-refractivity contribution in [1.82, 2.24) is 0 Å². The Kier molecular flexibility index (Phi) is 21.5. The fraction of sp³-hybridized carbons (Fsp3) is 0.205. The number of rotatable bonds is 1. The third-order valence-corrected chi connectivity index (χ3v) is 14.7. The number of benzene rings is 11. The number of aryl methyl sites for hydroxylation is 13. The molecule has 0 fully saturated rings. The zero-order chi connectivity index (χ0) is 56.4. The van der Waals surface area contributed by atoms with Gasteiger partial charge in [0.2, 0.25) is 0 Å². The van der Waals surface area contributed by atoms with Gasteiger partial charge in [-0.15, -0.1) is 0 Å². The van der Waals surface area contributed by atoms with Crippen LogP contribution in [-0.2, 0) is 5.41 Å². The van der Waals surface area contributed by atoms with Crippen molar-refractivity contribution in [3.8, 4) is 22.3 Å². The lowest BCUT2D eigenvalue weighted by atomic mass is 9.81. The first kappa shape index (κ1) is 59.2. The van der Waals surface area contributed by atoms with E-state index in [0.29, 0.717) is 0 Å². The maximum Gasteiger partial charge on any atom is 0.0159 e. The van der Waals surface area contributed by atoms with E-state index >= 15 is 0 Å². The van der Waals surface area contributed by atoms with Crippen LogP contribution in [0.3, 0.4) is 0 Å². The molecule has 12 rings (SSSR count). The van der Waals surface area contributed by atoms with Crippen molar-refractivity contribution in [2.45, 2.75) is 109 Å². The normalized spacial score (nSPS) is 11.1. The van der Waals surface area contributed by atoms with E-state index in [1.165, 1.54) is 127 Å². The molecule has 0 radical (unpaired) electrons. The van der Waals surface area contributed by atoms with Crippen molar-refractivity contribution in [1.29, 1.82) is 0 Å². The van der Waals surface area contributed by atoms with Crippen LogP contribution in [0.2, 0.25) is 0 Å². The van der Waals surface area contributed by atoms with Gasteiger partial charge in [-0.05, 0) is 178 Å². The highest BCUT2D eigenvalue weighted by Gasteiger charge is 2.35. The van der Waals surface area contributed by atoms with Crippen molar-refractivity contribution < 1.29 is 0 Å². The van der Waals surface area contributed by atoms with E-state index in [0.717, 1.165) is 0 Å². The van der Waals surface area contributed by atoms with Gasteiger partial charge in [-0.2, -0.15) is 0 Å². The molecule has 1 aliphatic carbocycles. The van der Waals surface area contributed by atoms with Crippen molar-refractivity contribution in [3.63, 3.8) is 0 Å². The molecule has 1 aliphatic rings. The molecule has 0 saturated heterocycles. The topological polar surface area (TPSA) is 0 Å². The van der Waals surface area contributed by atoms with Crippen LogP contribution in [0.15, 0.2) is 237 Å². The van der Waals surface area contributed by atoms with Crippen LogP contribution in [0.5, 0.6) is 0 Å². The van der Waals surface area contributed by atoms with Crippen LogP contribution in [-0.4, -0.2) is 0 Å². The molecular formula is C78H84. The standard InChI is InChI=1S/C17H18.C13H12.2C12H12.3C8H10/c1-11-5-7-13-14-8-6-12(2)10-16(14)17(3,4)15(13)9-11;1-11-7-9-13(10-8-11)12-5-3-2-4-6-12;1-9-5-3-8-12-10(2)6-4-7-11(9)12;1-9-7-8-10(2)12-6-4-3-5-11(9)12;1-7-3-5-8(2)6-4-7;1-7-4-3-5-8(2)6-7;1-7-5-3-4-6-8(7)2/h5-10H,1-4H3;2-10H,1H3;2*3-8H,1-2H3;3*3-6H,1-2H3. The first-order valence-corrected chi connectivity index (χ1v) is 27.7. The molecule has 0 heterocycles. The smallest absolute Gasteiger partial charge is 0.0159 e. The van der Waals surface area contributed by atoms with Gasteiger partial charge in [0.15, 0.2) is 0 Å². The minimum absolute atomic E-state index is 0.142. The van der Waals surface area contributed by atoms with Gasteiger partial charge < -0.3 is 0 Å². The Labute approximate surface area is 470 Å². The van der Waals surface area contributed by atoms with Gasteiger partial charge in [-0.1, -0.05) is 289 Å². The van der Waals surface area contributed by atoms with E-state index in [9.17, 15) is 0 Å². The molecule has 0 atom stereocenters. The highest BCUT2D eigenvalue weighted by Crippen LogP contribution is 2.49. The summed E-state index contributed by atoms with van der Waals surface area (Å²) in [6.07, 6.45) is 0. The van der Waals surface area contributed by atoms with E-state index in [2.05, 4.69) is 334 Å². The van der Waals surface area contributed by atoms with Gasteiger partial charge in [0, 0.05) is 5.41 Å². The molecule has 0 heteroatoms. The predicted octanol–water partition coefficient (Wildman–Crippen LogP) is 22.1. The van der Waals surface area contributed by atoms with Gasteiger partial charge in [-0.3, -0.25) is 0 Å². The molecule has 396 valence electrons. The maximum atomic E-state index is 2.34. The molecule has 11 aromatic rings. The summed E-state index contributed by atoms with van der Waals surface area (Å²) in [6, 6.07) is 83.7. The lowest BCUT2D eigenvalue weighted by Gasteiger charge is -2.22. The third kappa shape index (κ3) is 16.7. The second-order valence-electron chi connectivity index (χ2n) is 21.8. The second kappa shape index (κ2) is 28.4. The summed E-state index contributed by atoms with van der Waals surface area (Å²) in [4.78, 5) is 0. The molecule has 0 spiro atoms. The molecule has 0 unspecified atom stereocenters. The molecule has 11 aromatic carbocycles. The summed E-state index contributed by atoms with van der Waals surface area (Å²) in [5.74, 6) is 0. The maximum absolute atomic E-state index is 2.34. The lowest BCUT2D eigenvalue weighted by Crippen LogP contribution is -2.15. The lowest BCUT2D eigenvalue weighted by molar-refractivity contribution is 0.659. The van der Waals surface area contributed by atoms with Crippen LogP contribution >= 0.6 is 0 Å². The minimum Gasteiger partial charge on any atom is -0.0622 e. The minimum atomic E-state index is 0.142. The van der Waals surface area contributed by atoms with Crippen molar-refractivity contribution in [3.05, 3.63) is 320 Å². The monoisotopic (exact) mass is 1020 g/mol. The zero-order valence-electron chi connectivity index (χ0n) is 49.5. The highest BCUT2D eigenvalue weighted by molar-refractivity contribution is 5.89. The summed E-state index contributed by atoms with van der Waals surface area (Å²) in [5, 5.41) is 5.49. The summed E-state index contributed by atoms with van der Waals surface area (Å²) in [5.41, 5.74) is 26.0. The summed E-state index contributed by atoms with van der Waals surface area (Å²) >= 11 is 0. The Morgan fingerprint density at radius 1 is 0.205 bits per heavy atom. The zero-order valence-corrected chi connectivity index (χ0v) is 49.5. The van der Waals surface area contributed by atoms with Gasteiger partial charge in [0.05, 0.1) is 0 Å². The summed E-state index contributed by atoms with van der Waals surface area (Å²) < 4.78 is 0. The van der Waals surface area contributed by atoms with Crippen molar-refractivity contribution >= 4 is 21.5 Å². The van der Waals surface area contributed by atoms with Gasteiger partial charge in [-0.25, -0.2) is 0 Å². The largest absolute Gasteiger partial charge is 0.0622 e. The molecule has 78 heavy (non-hydrogen) atoms. The number of hydrogen-bond acceptors (Lipinski definition) is 0.